The van der Waals surface area contributed by atoms with Crippen molar-refractivity contribution in [1.29, 1.82) is 0 Å². The molecule has 90 valence electrons. The van der Waals surface area contributed by atoms with Crippen LogP contribution in [0.4, 0.5) is 5.82 Å². The summed E-state index contributed by atoms with van der Waals surface area (Å²) in [7, 11) is 0. The first-order valence-corrected chi connectivity index (χ1v) is 5.62. The first kappa shape index (κ1) is 12.7. The molecule has 0 amide bonds. The van der Waals surface area contributed by atoms with Crippen molar-refractivity contribution in [3.63, 3.8) is 0 Å². The lowest BCUT2D eigenvalue weighted by molar-refractivity contribution is 0.183. The highest BCUT2D eigenvalue weighted by Gasteiger charge is 2.02. The van der Waals surface area contributed by atoms with Gasteiger partial charge in [0.15, 0.2) is 5.82 Å². The fourth-order valence-electron chi connectivity index (χ4n) is 1.42. The molecular weight excluding hydrogens is 206 g/mol. The first-order valence-electron chi connectivity index (χ1n) is 5.62. The number of aliphatic hydroxyl groups excluding tert-OH is 1. The largest absolute Gasteiger partial charge is 0.393 e. The molecule has 0 saturated heterocycles. The number of anilines is 1. The molecule has 1 unspecified atom stereocenters. The minimum absolute atomic E-state index is 0.0953. The second-order valence-corrected chi connectivity index (χ2v) is 3.79. The van der Waals surface area contributed by atoms with Gasteiger partial charge in [-0.2, -0.15) is 0 Å². The number of aromatic nitrogens is 2. The molecule has 0 spiro atoms. The van der Waals surface area contributed by atoms with Gasteiger partial charge in [0.1, 0.15) is 0 Å². The molecule has 0 radical (unpaired) electrons. The van der Waals surface area contributed by atoms with E-state index in [-0.39, 0.29) is 11.7 Å². The lowest BCUT2D eigenvalue weighted by Crippen LogP contribution is -2.24. The van der Waals surface area contributed by atoms with Crippen molar-refractivity contribution >= 4 is 5.82 Å². The predicted octanol–water partition coefficient (Wildman–Crippen LogP) is 0.836. The Morgan fingerprint density at radius 2 is 2.38 bits per heavy atom. The number of aryl methyl sites for hydroxylation is 1. The minimum Gasteiger partial charge on any atom is -0.393 e. The molecule has 1 heterocycles. The van der Waals surface area contributed by atoms with E-state index in [0.717, 1.165) is 12.8 Å². The quantitative estimate of drug-likeness (QED) is 0.704. The van der Waals surface area contributed by atoms with Crippen LogP contribution in [0.15, 0.2) is 17.2 Å². The molecular formula is C11H19N3O2. The fourth-order valence-corrected chi connectivity index (χ4v) is 1.42. The monoisotopic (exact) mass is 225 g/mol. The van der Waals surface area contributed by atoms with Gasteiger partial charge in [-0.1, -0.05) is 0 Å². The Kier molecular flexibility index (Phi) is 4.98. The summed E-state index contributed by atoms with van der Waals surface area (Å²) in [5, 5.41) is 12.1. The van der Waals surface area contributed by atoms with Crippen molar-refractivity contribution in [1.82, 2.24) is 9.55 Å². The maximum Gasteiger partial charge on any atom is 0.293 e. The van der Waals surface area contributed by atoms with E-state index >= 15 is 0 Å². The first-order chi connectivity index (χ1) is 7.65. The van der Waals surface area contributed by atoms with E-state index in [1.807, 2.05) is 6.92 Å². The van der Waals surface area contributed by atoms with Crippen LogP contribution in [0, 0.1) is 0 Å². The molecule has 16 heavy (non-hydrogen) atoms. The normalized spacial score (nSPS) is 12.4. The Balaban J connectivity index is 2.51. The van der Waals surface area contributed by atoms with E-state index in [2.05, 4.69) is 10.3 Å². The van der Waals surface area contributed by atoms with Gasteiger partial charge in [0, 0.05) is 25.5 Å². The third-order valence-electron chi connectivity index (χ3n) is 2.35. The third kappa shape index (κ3) is 3.66. The zero-order chi connectivity index (χ0) is 12.0. The smallest absolute Gasteiger partial charge is 0.293 e. The van der Waals surface area contributed by atoms with Crippen molar-refractivity contribution in [2.24, 2.45) is 0 Å². The van der Waals surface area contributed by atoms with Gasteiger partial charge < -0.3 is 15.0 Å². The molecule has 0 fully saturated rings. The Hall–Kier alpha value is -1.36. The number of hydrogen-bond donors (Lipinski definition) is 2. The number of nitrogens with one attached hydrogen (secondary N) is 1. The Morgan fingerprint density at radius 1 is 1.62 bits per heavy atom. The van der Waals surface area contributed by atoms with Crippen LogP contribution < -0.4 is 10.9 Å². The highest BCUT2D eigenvalue weighted by molar-refractivity contribution is 5.30. The van der Waals surface area contributed by atoms with E-state index < -0.39 is 0 Å². The van der Waals surface area contributed by atoms with Crippen molar-refractivity contribution in [2.45, 2.75) is 39.3 Å². The Bertz CT molecular complexity index is 374. The molecule has 0 aliphatic carbocycles. The standard InChI is InChI=1S/C11H19N3O2/c1-3-14-8-7-13-10(11(14)16)12-6-4-5-9(2)15/h7-9,15H,3-6H2,1-2H3,(H,12,13). The summed E-state index contributed by atoms with van der Waals surface area (Å²) in [4.78, 5) is 15.7. The number of nitrogens with zero attached hydrogens (tertiary/aromatic N) is 2. The molecule has 1 aromatic rings. The molecule has 1 atom stereocenters. The van der Waals surface area contributed by atoms with Gasteiger partial charge in [0.25, 0.3) is 5.56 Å². The number of rotatable bonds is 6. The third-order valence-corrected chi connectivity index (χ3v) is 2.35. The van der Waals surface area contributed by atoms with Crippen LogP contribution >= 0.6 is 0 Å². The fraction of sp³-hybridized carbons (Fsp3) is 0.636. The second-order valence-electron chi connectivity index (χ2n) is 3.79. The molecule has 0 saturated carbocycles. The van der Waals surface area contributed by atoms with Crippen LogP contribution in [0.3, 0.4) is 0 Å². The van der Waals surface area contributed by atoms with E-state index in [0.29, 0.717) is 18.9 Å². The summed E-state index contributed by atoms with van der Waals surface area (Å²) < 4.78 is 1.60. The molecule has 5 heteroatoms. The molecule has 5 nitrogen and oxygen atoms in total. The zero-order valence-corrected chi connectivity index (χ0v) is 9.81. The average molecular weight is 225 g/mol. The minimum atomic E-state index is -0.294. The van der Waals surface area contributed by atoms with E-state index in [4.69, 9.17) is 5.11 Å². The van der Waals surface area contributed by atoms with Gasteiger partial charge in [-0.15, -0.1) is 0 Å². The van der Waals surface area contributed by atoms with Crippen molar-refractivity contribution in [3.8, 4) is 0 Å². The van der Waals surface area contributed by atoms with E-state index in [9.17, 15) is 4.79 Å². The van der Waals surface area contributed by atoms with Crippen LogP contribution in [0.25, 0.3) is 0 Å². The van der Waals surface area contributed by atoms with Gasteiger partial charge >= 0.3 is 0 Å². The van der Waals surface area contributed by atoms with Crippen molar-refractivity contribution < 1.29 is 5.11 Å². The highest BCUT2D eigenvalue weighted by Crippen LogP contribution is 1.98. The molecule has 0 aliphatic heterocycles. The molecule has 2 N–H and O–H groups in total. The predicted molar refractivity (Wildman–Crippen MR) is 63.6 cm³/mol. The van der Waals surface area contributed by atoms with Crippen LogP contribution in [-0.4, -0.2) is 27.3 Å². The highest BCUT2D eigenvalue weighted by atomic mass is 16.3. The van der Waals surface area contributed by atoms with Gasteiger partial charge in [-0.05, 0) is 26.7 Å². The van der Waals surface area contributed by atoms with Gasteiger partial charge in [-0.25, -0.2) is 4.98 Å². The van der Waals surface area contributed by atoms with Crippen molar-refractivity contribution in [2.75, 3.05) is 11.9 Å². The van der Waals surface area contributed by atoms with E-state index in [1.165, 1.54) is 0 Å². The molecule has 0 bridgehead atoms. The number of aliphatic hydroxyl groups is 1. The van der Waals surface area contributed by atoms with E-state index in [1.54, 1.807) is 23.9 Å². The zero-order valence-electron chi connectivity index (χ0n) is 9.81. The van der Waals surface area contributed by atoms with Crippen LogP contribution in [-0.2, 0) is 6.54 Å². The maximum atomic E-state index is 11.7. The average Bonchev–Trinajstić information content (AvgIpc) is 2.26. The summed E-state index contributed by atoms with van der Waals surface area (Å²) >= 11 is 0. The summed E-state index contributed by atoms with van der Waals surface area (Å²) in [6.45, 7) is 4.97. The lowest BCUT2D eigenvalue weighted by Gasteiger charge is -2.08. The molecule has 1 rings (SSSR count). The Labute approximate surface area is 95.1 Å². The van der Waals surface area contributed by atoms with Gasteiger partial charge in [0.05, 0.1) is 6.10 Å². The van der Waals surface area contributed by atoms with Crippen molar-refractivity contribution in [3.05, 3.63) is 22.7 Å². The Morgan fingerprint density at radius 3 is 3.00 bits per heavy atom. The maximum absolute atomic E-state index is 11.7. The summed E-state index contributed by atoms with van der Waals surface area (Å²) in [5.74, 6) is 0.384. The molecule has 1 aromatic heterocycles. The lowest BCUT2D eigenvalue weighted by atomic mass is 10.2. The summed E-state index contributed by atoms with van der Waals surface area (Å²) in [6, 6.07) is 0. The topological polar surface area (TPSA) is 67.2 Å². The van der Waals surface area contributed by atoms with Gasteiger partial charge in [0.2, 0.25) is 0 Å². The SMILES string of the molecule is CCn1ccnc(NCCCC(C)O)c1=O. The number of hydrogen-bond acceptors (Lipinski definition) is 4. The van der Waals surface area contributed by atoms with Crippen LogP contribution in [0.2, 0.25) is 0 Å². The molecule has 0 aromatic carbocycles. The van der Waals surface area contributed by atoms with Crippen LogP contribution in [0.1, 0.15) is 26.7 Å². The second kappa shape index (κ2) is 6.27. The van der Waals surface area contributed by atoms with Gasteiger partial charge in [-0.3, -0.25) is 4.79 Å². The van der Waals surface area contributed by atoms with Crippen LogP contribution in [0.5, 0.6) is 0 Å². The molecule has 0 aliphatic rings. The summed E-state index contributed by atoms with van der Waals surface area (Å²) in [6.07, 6.45) is 4.53. The summed E-state index contributed by atoms with van der Waals surface area (Å²) in [5.41, 5.74) is -0.0953.